The summed E-state index contributed by atoms with van der Waals surface area (Å²) >= 11 is 0. The Balaban J connectivity index is 2.53. The van der Waals surface area contributed by atoms with E-state index in [1.807, 2.05) is 52.0 Å². The number of carbonyl (C=O) groups is 1. The van der Waals surface area contributed by atoms with Crippen molar-refractivity contribution in [3.63, 3.8) is 0 Å². The molecule has 1 rings (SSSR count). The maximum atomic E-state index is 11.4. The number of hydrogen-bond donors (Lipinski definition) is 0. The van der Waals surface area contributed by atoms with Crippen molar-refractivity contribution in [1.29, 1.82) is 0 Å². The van der Waals surface area contributed by atoms with Crippen molar-refractivity contribution in [3.05, 3.63) is 29.8 Å². The van der Waals surface area contributed by atoms with Gasteiger partial charge in [0.2, 0.25) is 0 Å². The number of hydrogen-bond acceptors (Lipinski definition) is 3. The van der Waals surface area contributed by atoms with Crippen LogP contribution < -0.4 is 4.74 Å². The third-order valence-corrected chi connectivity index (χ3v) is 2.01. The number of carbonyl (C=O) groups excluding carboxylic acids is 1. The van der Waals surface area contributed by atoms with Crippen molar-refractivity contribution in [2.45, 2.75) is 46.3 Å². The molecule has 0 aliphatic heterocycles. The lowest BCUT2D eigenvalue weighted by Crippen LogP contribution is -2.13. The molecule has 0 radical (unpaired) electrons. The fourth-order valence-corrected chi connectivity index (χ4v) is 1.43. The van der Waals surface area contributed by atoms with Crippen LogP contribution in [0, 0.1) is 0 Å². The van der Waals surface area contributed by atoms with E-state index in [1.165, 1.54) is 0 Å². The lowest BCUT2D eigenvalue weighted by atomic mass is 10.1. The Morgan fingerprint density at radius 1 is 1.06 bits per heavy atom. The van der Waals surface area contributed by atoms with Crippen LogP contribution in [0.5, 0.6) is 5.75 Å². The van der Waals surface area contributed by atoms with E-state index in [1.54, 1.807) is 0 Å². The first-order valence-electron chi connectivity index (χ1n) is 5.92. The van der Waals surface area contributed by atoms with Crippen molar-refractivity contribution in [3.8, 4) is 5.75 Å². The normalized spacial score (nSPS) is 10.7. The summed E-state index contributed by atoms with van der Waals surface area (Å²) in [5.74, 6) is 0.624. The fraction of sp³-hybridized carbons (Fsp3) is 0.500. The van der Waals surface area contributed by atoms with E-state index in [0.29, 0.717) is 6.42 Å². The molecule has 0 fully saturated rings. The van der Waals surface area contributed by atoms with Crippen molar-refractivity contribution in [2.24, 2.45) is 0 Å². The minimum atomic E-state index is -0.197. The van der Waals surface area contributed by atoms with E-state index in [2.05, 4.69) is 0 Å². The first-order chi connectivity index (χ1) is 7.97. The zero-order valence-corrected chi connectivity index (χ0v) is 10.9. The summed E-state index contributed by atoms with van der Waals surface area (Å²) in [6.07, 6.45) is 0.401. The van der Waals surface area contributed by atoms with Gasteiger partial charge in [-0.15, -0.1) is 0 Å². The molecule has 17 heavy (non-hydrogen) atoms. The Kier molecular flexibility index (Phi) is 5.01. The van der Waals surface area contributed by atoms with Crippen molar-refractivity contribution in [2.75, 3.05) is 0 Å². The lowest BCUT2D eigenvalue weighted by Gasteiger charge is -2.10. The van der Waals surface area contributed by atoms with Gasteiger partial charge in [-0.25, -0.2) is 0 Å². The molecule has 1 aromatic rings. The average Bonchev–Trinajstić information content (AvgIpc) is 2.18. The summed E-state index contributed by atoms with van der Waals surface area (Å²) in [7, 11) is 0. The average molecular weight is 236 g/mol. The van der Waals surface area contributed by atoms with E-state index in [-0.39, 0.29) is 18.2 Å². The zero-order chi connectivity index (χ0) is 12.8. The monoisotopic (exact) mass is 236 g/mol. The van der Waals surface area contributed by atoms with E-state index >= 15 is 0 Å². The van der Waals surface area contributed by atoms with Crippen LogP contribution >= 0.6 is 0 Å². The highest BCUT2D eigenvalue weighted by molar-refractivity contribution is 5.72. The van der Waals surface area contributed by atoms with Gasteiger partial charge in [0.05, 0.1) is 18.6 Å². The van der Waals surface area contributed by atoms with Gasteiger partial charge < -0.3 is 9.47 Å². The molecular weight excluding hydrogens is 216 g/mol. The summed E-state index contributed by atoms with van der Waals surface area (Å²) in [4.78, 5) is 11.4. The number of esters is 1. The van der Waals surface area contributed by atoms with E-state index < -0.39 is 0 Å². The number of rotatable bonds is 5. The second-order valence-corrected chi connectivity index (χ2v) is 4.53. The van der Waals surface area contributed by atoms with Gasteiger partial charge in [0.1, 0.15) is 5.75 Å². The minimum Gasteiger partial charge on any atom is -0.491 e. The Hall–Kier alpha value is -1.51. The molecule has 0 aliphatic rings. The third kappa shape index (κ3) is 5.38. The topological polar surface area (TPSA) is 35.5 Å². The van der Waals surface area contributed by atoms with Gasteiger partial charge in [0.15, 0.2) is 0 Å². The van der Waals surface area contributed by atoms with Crippen molar-refractivity contribution < 1.29 is 14.3 Å². The largest absolute Gasteiger partial charge is 0.491 e. The Bertz CT molecular complexity index is 352. The fourth-order valence-electron chi connectivity index (χ4n) is 1.43. The highest BCUT2D eigenvalue weighted by Crippen LogP contribution is 2.14. The maximum absolute atomic E-state index is 11.4. The molecule has 0 aromatic heterocycles. The number of benzene rings is 1. The second-order valence-electron chi connectivity index (χ2n) is 4.53. The van der Waals surface area contributed by atoms with Crippen LogP contribution in [0.25, 0.3) is 0 Å². The molecule has 0 bridgehead atoms. The highest BCUT2D eigenvalue weighted by Gasteiger charge is 2.07. The lowest BCUT2D eigenvalue weighted by molar-refractivity contribution is -0.146. The molecular formula is C14H20O3. The summed E-state index contributed by atoms with van der Waals surface area (Å²) in [5, 5.41) is 0. The molecule has 0 spiro atoms. The number of ether oxygens (including phenoxy) is 2. The summed E-state index contributed by atoms with van der Waals surface area (Å²) in [6.45, 7) is 7.65. The van der Waals surface area contributed by atoms with E-state index in [0.717, 1.165) is 11.3 Å². The molecule has 3 nitrogen and oxygen atoms in total. The van der Waals surface area contributed by atoms with Gasteiger partial charge in [-0.1, -0.05) is 12.1 Å². The summed E-state index contributed by atoms with van der Waals surface area (Å²) in [6, 6.07) is 7.52. The first-order valence-corrected chi connectivity index (χ1v) is 5.92. The minimum absolute atomic E-state index is 0.0638. The van der Waals surface area contributed by atoms with Crippen LogP contribution in [0.15, 0.2) is 24.3 Å². The predicted octanol–water partition coefficient (Wildman–Crippen LogP) is 2.97. The molecule has 0 N–H and O–H groups in total. The molecule has 0 aliphatic carbocycles. The Morgan fingerprint density at radius 3 is 2.12 bits per heavy atom. The molecule has 0 atom stereocenters. The maximum Gasteiger partial charge on any atom is 0.310 e. The smallest absolute Gasteiger partial charge is 0.310 e. The highest BCUT2D eigenvalue weighted by atomic mass is 16.5. The Labute approximate surface area is 103 Å². The van der Waals surface area contributed by atoms with Crippen LogP contribution in [0.3, 0.4) is 0 Å². The molecule has 0 unspecified atom stereocenters. The summed E-state index contributed by atoms with van der Waals surface area (Å²) in [5.41, 5.74) is 0.937. The molecule has 0 heterocycles. The van der Waals surface area contributed by atoms with E-state index in [9.17, 15) is 4.79 Å². The zero-order valence-electron chi connectivity index (χ0n) is 10.9. The molecule has 94 valence electrons. The third-order valence-electron chi connectivity index (χ3n) is 2.01. The molecule has 0 saturated heterocycles. The van der Waals surface area contributed by atoms with Crippen molar-refractivity contribution in [1.82, 2.24) is 0 Å². The molecule has 1 aromatic carbocycles. The van der Waals surface area contributed by atoms with Crippen LogP contribution in [-0.4, -0.2) is 18.2 Å². The second kappa shape index (κ2) is 6.28. The standard InChI is InChI=1S/C14H20O3/c1-10(2)16-13-7-5-12(6-8-13)9-14(15)17-11(3)4/h5-8,10-11H,9H2,1-4H3. The van der Waals surface area contributed by atoms with Gasteiger partial charge in [-0.3, -0.25) is 4.79 Å². The van der Waals surface area contributed by atoms with Crippen LogP contribution in [-0.2, 0) is 16.0 Å². The quantitative estimate of drug-likeness (QED) is 0.737. The summed E-state index contributed by atoms with van der Waals surface area (Å²) < 4.78 is 10.6. The molecule has 3 heteroatoms. The SMILES string of the molecule is CC(C)OC(=O)Cc1ccc(OC(C)C)cc1. The molecule has 0 saturated carbocycles. The van der Waals surface area contributed by atoms with E-state index in [4.69, 9.17) is 9.47 Å². The Morgan fingerprint density at radius 2 is 1.65 bits per heavy atom. The van der Waals surface area contributed by atoms with Gasteiger partial charge in [-0.05, 0) is 45.4 Å². The predicted molar refractivity (Wildman–Crippen MR) is 67.1 cm³/mol. The van der Waals surface area contributed by atoms with Gasteiger partial charge in [0.25, 0.3) is 0 Å². The van der Waals surface area contributed by atoms with Gasteiger partial charge in [-0.2, -0.15) is 0 Å². The van der Waals surface area contributed by atoms with Crippen LogP contribution in [0.4, 0.5) is 0 Å². The first kappa shape index (κ1) is 13.6. The molecule has 0 amide bonds. The van der Waals surface area contributed by atoms with Crippen LogP contribution in [0.1, 0.15) is 33.3 Å². The van der Waals surface area contributed by atoms with Gasteiger partial charge >= 0.3 is 5.97 Å². The van der Waals surface area contributed by atoms with Crippen LogP contribution in [0.2, 0.25) is 0 Å². The van der Waals surface area contributed by atoms with Crippen molar-refractivity contribution >= 4 is 5.97 Å². The van der Waals surface area contributed by atoms with Gasteiger partial charge in [0, 0.05) is 0 Å².